The molecule has 2 fully saturated rings. The van der Waals surface area contributed by atoms with Gasteiger partial charge >= 0.3 is 0 Å². The number of likely N-dealkylation sites (tertiary alicyclic amines) is 1. The van der Waals surface area contributed by atoms with E-state index in [9.17, 15) is 9.90 Å². The second-order valence-electron chi connectivity index (χ2n) is 5.37. The van der Waals surface area contributed by atoms with Crippen molar-refractivity contribution in [3.8, 4) is 6.07 Å². The second kappa shape index (κ2) is 3.74. The Bertz CT molecular complexity index is 339. The highest BCUT2D eigenvalue weighted by Gasteiger charge is 2.48. The number of carbonyl (C=O) groups is 1. The summed E-state index contributed by atoms with van der Waals surface area (Å²) in [4.78, 5) is 13.9. The number of nitrogens with zero attached hydrogens (tertiary/aromatic N) is 2. The lowest BCUT2D eigenvalue weighted by Gasteiger charge is -2.43. The van der Waals surface area contributed by atoms with E-state index in [1.807, 2.05) is 0 Å². The van der Waals surface area contributed by atoms with Gasteiger partial charge in [-0.2, -0.15) is 5.26 Å². The van der Waals surface area contributed by atoms with E-state index in [0.29, 0.717) is 25.9 Å². The predicted molar refractivity (Wildman–Crippen MR) is 58.3 cm³/mol. The maximum absolute atomic E-state index is 12.2. The van der Waals surface area contributed by atoms with E-state index in [-0.39, 0.29) is 5.91 Å². The minimum atomic E-state index is -0.783. The van der Waals surface area contributed by atoms with Gasteiger partial charge in [0.15, 0.2) is 0 Å². The van der Waals surface area contributed by atoms with Crippen LogP contribution in [0.25, 0.3) is 0 Å². The van der Waals surface area contributed by atoms with Crippen LogP contribution in [0.1, 0.15) is 39.0 Å². The van der Waals surface area contributed by atoms with Gasteiger partial charge in [-0.1, -0.05) is 0 Å². The summed E-state index contributed by atoms with van der Waals surface area (Å²) in [7, 11) is 0. The van der Waals surface area contributed by atoms with Crippen LogP contribution in [0, 0.1) is 16.7 Å². The average molecular weight is 222 g/mol. The fraction of sp³-hybridized carbons (Fsp3) is 0.833. The van der Waals surface area contributed by atoms with E-state index in [1.54, 1.807) is 11.8 Å². The first-order chi connectivity index (χ1) is 7.49. The van der Waals surface area contributed by atoms with Gasteiger partial charge in [0, 0.05) is 13.1 Å². The molecule has 1 amide bonds. The monoisotopic (exact) mass is 222 g/mol. The molecular formula is C12H18N2O2. The van der Waals surface area contributed by atoms with E-state index < -0.39 is 11.0 Å². The van der Waals surface area contributed by atoms with Crippen LogP contribution in [0.3, 0.4) is 0 Å². The number of hydrogen-bond donors (Lipinski definition) is 1. The van der Waals surface area contributed by atoms with Crippen molar-refractivity contribution < 1.29 is 9.90 Å². The summed E-state index contributed by atoms with van der Waals surface area (Å²) in [5, 5.41) is 19.1. The molecule has 1 unspecified atom stereocenters. The smallest absolute Gasteiger partial charge is 0.243 e. The molecule has 1 saturated heterocycles. The highest BCUT2D eigenvalue weighted by atomic mass is 16.3. The summed E-state index contributed by atoms with van der Waals surface area (Å²) in [5.41, 5.74) is -1.55. The third-order valence-corrected chi connectivity index (χ3v) is 3.79. The Balaban J connectivity index is 2.08. The van der Waals surface area contributed by atoms with Gasteiger partial charge in [-0.15, -0.1) is 0 Å². The first kappa shape index (κ1) is 11.4. The summed E-state index contributed by atoms with van der Waals surface area (Å²) in [6, 6.07) is 2.17. The lowest BCUT2D eigenvalue weighted by Crippen LogP contribution is -2.54. The van der Waals surface area contributed by atoms with Gasteiger partial charge in [0.25, 0.3) is 0 Å². The zero-order chi connectivity index (χ0) is 11.8. The molecule has 1 heterocycles. The molecule has 2 aliphatic rings. The molecule has 0 aromatic heterocycles. The van der Waals surface area contributed by atoms with Gasteiger partial charge in [-0.25, -0.2) is 0 Å². The van der Waals surface area contributed by atoms with Crippen LogP contribution < -0.4 is 0 Å². The van der Waals surface area contributed by atoms with Gasteiger partial charge in [-0.05, 0) is 39.0 Å². The van der Waals surface area contributed by atoms with Crippen LogP contribution in [-0.4, -0.2) is 34.6 Å². The Morgan fingerprint density at radius 2 is 2.06 bits per heavy atom. The Labute approximate surface area is 95.9 Å². The third-order valence-electron chi connectivity index (χ3n) is 3.79. The molecule has 88 valence electrons. The highest BCUT2D eigenvalue weighted by Crippen LogP contribution is 2.42. The summed E-state index contributed by atoms with van der Waals surface area (Å²) in [6.07, 6.45) is 3.88. The van der Waals surface area contributed by atoms with Crippen molar-refractivity contribution in [2.45, 2.75) is 44.6 Å². The molecular weight excluding hydrogens is 204 g/mol. The molecule has 0 aromatic rings. The van der Waals surface area contributed by atoms with E-state index in [2.05, 4.69) is 6.07 Å². The highest BCUT2D eigenvalue weighted by molar-refractivity contribution is 5.86. The molecule has 2 rings (SSSR count). The van der Waals surface area contributed by atoms with E-state index in [1.165, 1.54) is 0 Å². The number of amides is 1. The third kappa shape index (κ3) is 1.80. The fourth-order valence-electron chi connectivity index (χ4n) is 2.60. The molecule has 4 heteroatoms. The largest absolute Gasteiger partial charge is 0.388 e. The quantitative estimate of drug-likeness (QED) is 0.721. The van der Waals surface area contributed by atoms with Crippen LogP contribution in [0.2, 0.25) is 0 Å². The Hall–Kier alpha value is -1.08. The number of rotatable bonds is 1. The Kier molecular flexibility index (Phi) is 2.67. The number of nitriles is 1. The molecule has 0 radical (unpaired) electrons. The van der Waals surface area contributed by atoms with Gasteiger partial charge in [0.2, 0.25) is 5.91 Å². The van der Waals surface area contributed by atoms with Crippen molar-refractivity contribution in [1.82, 2.24) is 4.90 Å². The van der Waals surface area contributed by atoms with Crippen molar-refractivity contribution in [2.75, 3.05) is 13.1 Å². The molecule has 1 N–H and O–H groups in total. The molecule has 1 saturated carbocycles. The lowest BCUT2D eigenvalue weighted by molar-refractivity contribution is -0.149. The first-order valence-corrected chi connectivity index (χ1v) is 5.92. The SMILES string of the molecule is CC1(O)CCCN(C(=O)C2(C#N)CCC2)C1. The summed E-state index contributed by atoms with van der Waals surface area (Å²) < 4.78 is 0. The number of β-amino-alcohol motifs (C(OH)–C–C–N with tert-alkyl or cyclic N) is 1. The Morgan fingerprint density at radius 1 is 1.38 bits per heavy atom. The maximum Gasteiger partial charge on any atom is 0.243 e. The lowest BCUT2D eigenvalue weighted by atomic mass is 9.68. The van der Waals surface area contributed by atoms with E-state index >= 15 is 0 Å². The van der Waals surface area contributed by atoms with Crippen molar-refractivity contribution in [3.63, 3.8) is 0 Å². The van der Waals surface area contributed by atoms with Crippen molar-refractivity contribution >= 4 is 5.91 Å². The molecule has 0 aromatic carbocycles. The van der Waals surface area contributed by atoms with Gasteiger partial charge in [-0.3, -0.25) is 4.79 Å². The van der Waals surface area contributed by atoms with Gasteiger partial charge in [0.1, 0.15) is 5.41 Å². The average Bonchev–Trinajstić information content (AvgIpc) is 2.15. The van der Waals surface area contributed by atoms with Crippen LogP contribution in [0.15, 0.2) is 0 Å². The van der Waals surface area contributed by atoms with Crippen molar-refractivity contribution in [1.29, 1.82) is 5.26 Å². The summed E-state index contributed by atoms with van der Waals surface area (Å²) >= 11 is 0. The molecule has 4 nitrogen and oxygen atoms in total. The van der Waals surface area contributed by atoms with E-state index in [4.69, 9.17) is 5.26 Å². The van der Waals surface area contributed by atoms with Crippen molar-refractivity contribution in [2.24, 2.45) is 5.41 Å². The molecule has 1 atom stereocenters. The molecule has 0 bridgehead atoms. The fourth-order valence-corrected chi connectivity index (χ4v) is 2.60. The van der Waals surface area contributed by atoms with E-state index in [0.717, 1.165) is 19.3 Å². The van der Waals surface area contributed by atoms with Crippen LogP contribution in [0.4, 0.5) is 0 Å². The minimum Gasteiger partial charge on any atom is -0.388 e. The molecule has 1 aliphatic heterocycles. The molecule has 16 heavy (non-hydrogen) atoms. The van der Waals surface area contributed by atoms with Gasteiger partial charge < -0.3 is 10.0 Å². The zero-order valence-corrected chi connectivity index (χ0v) is 9.70. The number of hydrogen-bond acceptors (Lipinski definition) is 3. The predicted octanol–water partition coefficient (Wildman–Crippen LogP) is 1.05. The number of aliphatic hydroxyl groups is 1. The van der Waals surface area contributed by atoms with Crippen LogP contribution in [0.5, 0.6) is 0 Å². The standard InChI is InChI=1S/C12H18N2O2/c1-11(16)4-3-7-14(9-11)10(15)12(8-13)5-2-6-12/h16H,2-7,9H2,1H3. The Morgan fingerprint density at radius 3 is 2.50 bits per heavy atom. The first-order valence-electron chi connectivity index (χ1n) is 5.92. The summed E-state index contributed by atoms with van der Waals surface area (Å²) in [5.74, 6) is -0.0683. The second-order valence-corrected chi connectivity index (χ2v) is 5.37. The molecule has 1 aliphatic carbocycles. The normalized spacial score (nSPS) is 32.7. The number of carbonyl (C=O) groups excluding carboxylic acids is 1. The maximum atomic E-state index is 12.2. The van der Waals surface area contributed by atoms with Crippen molar-refractivity contribution in [3.05, 3.63) is 0 Å². The topological polar surface area (TPSA) is 64.3 Å². The van der Waals surface area contributed by atoms with Crippen LogP contribution >= 0.6 is 0 Å². The van der Waals surface area contributed by atoms with Gasteiger partial charge in [0.05, 0.1) is 11.7 Å². The number of piperidine rings is 1. The van der Waals surface area contributed by atoms with Crippen LogP contribution in [-0.2, 0) is 4.79 Å². The minimum absolute atomic E-state index is 0.0683. The molecule has 0 spiro atoms. The zero-order valence-electron chi connectivity index (χ0n) is 9.70. The summed E-state index contributed by atoms with van der Waals surface area (Å²) in [6.45, 7) is 2.81.